The molecule has 0 bridgehead atoms. The highest BCUT2D eigenvalue weighted by atomic mass is 32.2. The van der Waals surface area contributed by atoms with Crippen molar-refractivity contribution in [3.8, 4) is 17.1 Å². The number of benzene rings is 1. The zero-order chi connectivity index (χ0) is 22.6. The van der Waals surface area contributed by atoms with Crippen molar-refractivity contribution in [1.82, 2.24) is 19.6 Å². The van der Waals surface area contributed by atoms with Gasteiger partial charge in [-0.2, -0.15) is 0 Å². The molecule has 2 heterocycles. The third-order valence-corrected chi connectivity index (χ3v) is 5.69. The van der Waals surface area contributed by atoms with Crippen LogP contribution in [0.1, 0.15) is 5.56 Å². The Kier molecular flexibility index (Phi) is 6.65. The van der Waals surface area contributed by atoms with Crippen LogP contribution in [0.2, 0.25) is 0 Å². The lowest BCUT2D eigenvalue weighted by atomic mass is 10.1. The van der Waals surface area contributed by atoms with Crippen molar-refractivity contribution >= 4 is 22.1 Å². The second-order valence-electron chi connectivity index (χ2n) is 6.90. The van der Waals surface area contributed by atoms with E-state index < -0.39 is 27.9 Å². The molecule has 13 heteroatoms. The first-order chi connectivity index (χ1) is 14.6. The van der Waals surface area contributed by atoms with Crippen LogP contribution in [0.4, 0.5) is 9.18 Å². The van der Waals surface area contributed by atoms with Crippen molar-refractivity contribution in [2.24, 2.45) is 11.7 Å². The monoisotopic (exact) mass is 452 g/mol. The number of nitrogens with zero attached hydrogens (tertiary/aromatic N) is 3. The Morgan fingerprint density at radius 2 is 2.03 bits per heavy atom. The molecule has 0 saturated carbocycles. The highest BCUT2D eigenvalue weighted by Crippen LogP contribution is 2.25. The topological polar surface area (TPSA) is 161 Å². The minimum atomic E-state index is -3.18. The summed E-state index contributed by atoms with van der Waals surface area (Å²) in [6.07, 6.45) is 3.00. The maximum atomic E-state index is 14.8. The molecule has 0 aliphatic carbocycles. The zero-order valence-corrected chi connectivity index (χ0v) is 17.4. The Labute approximate surface area is 177 Å². The molecule has 1 amide bonds. The van der Waals surface area contributed by atoms with Gasteiger partial charge >= 0.3 is 12.1 Å². The Hall–Kier alpha value is -3.32. The van der Waals surface area contributed by atoms with Gasteiger partial charge in [-0.1, -0.05) is 18.2 Å². The molecule has 1 aromatic carbocycles. The lowest BCUT2D eigenvalue weighted by Gasteiger charge is -2.36. The summed E-state index contributed by atoms with van der Waals surface area (Å²) in [5.41, 5.74) is 5.75. The number of rotatable bonds is 7. The number of sulfonamides is 1. The normalized spacial score (nSPS) is 14.5. The number of guanidine groups is 1. The fraction of sp³-hybridized carbons (Fsp3) is 0.333. The van der Waals surface area contributed by atoms with Crippen molar-refractivity contribution in [2.75, 3.05) is 26.0 Å². The summed E-state index contributed by atoms with van der Waals surface area (Å²) in [4.78, 5) is 19.5. The first-order valence-electron chi connectivity index (χ1n) is 9.09. The Morgan fingerprint density at radius 1 is 1.35 bits per heavy atom. The van der Waals surface area contributed by atoms with Crippen molar-refractivity contribution < 1.29 is 27.1 Å². The molecule has 1 saturated heterocycles. The maximum absolute atomic E-state index is 14.8. The van der Waals surface area contributed by atoms with Gasteiger partial charge in [0, 0.05) is 48.1 Å². The van der Waals surface area contributed by atoms with Crippen molar-refractivity contribution in [2.45, 2.75) is 6.61 Å². The molecular weight excluding hydrogens is 431 g/mol. The average molecular weight is 452 g/mol. The fourth-order valence-corrected chi connectivity index (χ4v) is 3.79. The minimum Gasteiger partial charge on any atom is -0.463 e. The number of ether oxygens (including phenoxy) is 2. The smallest absolute Gasteiger partial charge is 0.414 e. The van der Waals surface area contributed by atoms with E-state index in [2.05, 4.69) is 9.97 Å². The summed E-state index contributed by atoms with van der Waals surface area (Å²) < 4.78 is 49.2. The SMILES string of the molecule is CS(=O)(=O)N1CC(COc2ncc(-c3cccc(COC(=O)NC(=N)N)c3F)cn2)C1. The number of carbonyl (C=O) groups excluding carboxylic acids is 1. The van der Waals surface area contributed by atoms with Gasteiger partial charge in [-0.05, 0) is 0 Å². The van der Waals surface area contributed by atoms with Gasteiger partial charge in [0.15, 0.2) is 5.96 Å². The van der Waals surface area contributed by atoms with Crippen LogP contribution in [0.25, 0.3) is 11.1 Å². The van der Waals surface area contributed by atoms with E-state index in [9.17, 15) is 17.6 Å². The molecule has 0 unspecified atom stereocenters. The van der Waals surface area contributed by atoms with E-state index in [0.29, 0.717) is 18.7 Å². The Bertz CT molecular complexity index is 1070. The summed E-state index contributed by atoms with van der Waals surface area (Å²) in [6.45, 7) is 0.699. The second-order valence-corrected chi connectivity index (χ2v) is 8.89. The van der Waals surface area contributed by atoms with E-state index in [1.807, 2.05) is 5.32 Å². The van der Waals surface area contributed by atoms with Crippen molar-refractivity contribution in [1.29, 1.82) is 5.41 Å². The fourth-order valence-electron chi connectivity index (χ4n) is 2.82. The number of carbonyl (C=O) groups is 1. The molecule has 0 radical (unpaired) electrons. The highest BCUT2D eigenvalue weighted by molar-refractivity contribution is 7.88. The first-order valence-corrected chi connectivity index (χ1v) is 10.9. The van der Waals surface area contributed by atoms with Gasteiger partial charge < -0.3 is 15.2 Å². The second kappa shape index (κ2) is 9.22. The Balaban J connectivity index is 1.58. The largest absolute Gasteiger partial charge is 0.463 e. The van der Waals surface area contributed by atoms with Gasteiger partial charge in [0.05, 0.1) is 12.9 Å². The maximum Gasteiger partial charge on any atom is 0.414 e. The Morgan fingerprint density at radius 3 is 2.65 bits per heavy atom. The molecule has 2 aromatic rings. The molecule has 1 aliphatic rings. The van der Waals surface area contributed by atoms with Crippen LogP contribution in [0.15, 0.2) is 30.6 Å². The number of amides is 1. The third kappa shape index (κ3) is 5.86. The molecule has 1 aliphatic heterocycles. The van der Waals surface area contributed by atoms with Gasteiger partial charge in [0.1, 0.15) is 12.4 Å². The summed E-state index contributed by atoms with van der Waals surface area (Å²) >= 11 is 0. The predicted octanol–water partition coefficient (Wildman–Crippen LogP) is 0.673. The lowest BCUT2D eigenvalue weighted by Crippen LogP contribution is -2.51. The van der Waals surface area contributed by atoms with Gasteiger partial charge in [0.25, 0.3) is 0 Å². The number of alkyl carbamates (subject to hydrolysis) is 1. The standard InChI is InChI=1S/C18H21FN6O5S/c1-31(27,28)25-7-11(8-25)9-29-17-22-5-13(6-23-17)14-4-2-3-12(15(14)19)10-30-18(26)24-16(20)21/h2-6,11H,7-10H2,1H3,(H4,20,21,24,26). The van der Waals surface area contributed by atoms with E-state index >= 15 is 0 Å². The van der Waals surface area contributed by atoms with Crippen LogP contribution < -0.4 is 15.8 Å². The number of hydrogen-bond donors (Lipinski definition) is 3. The molecular formula is C18H21FN6O5S. The lowest BCUT2D eigenvalue weighted by molar-refractivity contribution is 0.124. The average Bonchev–Trinajstić information content (AvgIpc) is 2.65. The number of nitrogens with one attached hydrogen (secondary N) is 2. The summed E-state index contributed by atoms with van der Waals surface area (Å²) in [7, 11) is -3.18. The van der Waals surface area contributed by atoms with Crippen LogP contribution in [0.3, 0.4) is 0 Å². The van der Waals surface area contributed by atoms with Crippen LogP contribution in [-0.4, -0.2) is 60.7 Å². The zero-order valence-electron chi connectivity index (χ0n) is 16.5. The molecule has 166 valence electrons. The quantitative estimate of drug-likeness (QED) is 0.408. The molecule has 3 rings (SSSR count). The van der Waals surface area contributed by atoms with Crippen molar-refractivity contribution in [3.05, 3.63) is 42.0 Å². The number of hydrogen-bond acceptors (Lipinski definition) is 8. The van der Waals surface area contributed by atoms with E-state index in [-0.39, 0.29) is 36.3 Å². The van der Waals surface area contributed by atoms with E-state index in [1.54, 1.807) is 6.07 Å². The molecule has 1 fully saturated rings. The molecule has 31 heavy (non-hydrogen) atoms. The third-order valence-electron chi connectivity index (χ3n) is 4.45. The number of nitrogens with two attached hydrogens (primary N) is 1. The van der Waals surface area contributed by atoms with E-state index in [1.165, 1.54) is 28.8 Å². The van der Waals surface area contributed by atoms with Crippen LogP contribution in [0, 0.1) is 17.1 Å². The van der Waals surface area contributed by atoms with Gasteiger partial charge in [0.2, 0.25) is 10.0 Å². The highest BCUT2D eigenvalue weighted by Gasteiger charge is 2.33. The first kappa shape index (κ1) is 22.4. The minimum absolute atomic E-state index is 0.0623. The molecule has 0 atom stereocenters. The molecule has 1 aromatic heterocycles. The van der Waals surface area contributed by atoms with Gasteiger partial charge in [-0.25, -0.2) is 31.9 Å². The van der Waals surface area contributed by atoms with Gasteiger partial charge in [-0.15, -0.1) is 0 Å². The van der Waals surface area contributed by atoms with Crippen molar-refractivity contribution in [3.63, 3.8) is 0 Å². The molecule has 4 N–H and O–H groups in total. The van der Waals surface area contributed by atoms with E-state index in [4.69, 9.17) is 20.6 Å². The van der Waals surface area contributed by atoms with Crippen LogP contribution in [0.5, 0.6) is 6.01 Å². The predicted molar refractivity (Wildman–Crippen MR) is 108 cm³/mol. The molecule has 0 spiro atoms. The summed E-state index contributed by atoms with van der Waals surface area (Å²) in [5, 5.41) is 8.89. The van der Waals surface area contributed by atoms with E-state index in [0.717, 1.165) is 6.26 Å². The molecule has 11 nitrogen and oxygen atoms in total. The van der Waals surface area contributed by atoms with Crippen LogP contribution >= 0.6 is 0 Å². The van der Waals surface area contributed by atoms with Gasteiger partial charge in [-0.3, -0.25) is 10.7 Å². The summed E-state index contributed by atoms with van der Waals surface area (Å²) in [6, 6.07) is 4.68. The van der Waals surface area contributed by atoms with Crippen LogP contribution in [-0.2, 0) is 21.4 Å². The number of aromatic nitrogens is 2. The summed E-state index contributed by atoms with van der Waals surface area (Å²) in [5.74, 6) is -1.12. The number of halogens is 1.